The van der Waals surface area contributed by atoms with E-state index in [-0.39, 0.29) is 0 Å². The van der Waals surface area contributed by atoms with Crippen molar-refractivity contribution in [1.82, 2.24) is 9.55 Å². The van der Waals surface area contributed by atoms with Crippen LogP contribution in [0.1, 0.15) is 25.1 Å². The normalized spacial score (nSPS) is 11.0. The molecule has 0 bridgehead atoms. The zero-order chi connectivity index (χ0) is 13.8. The number of imidazole rings is 1. The molecule has 0 spiro atoms. The fourth-order valence-electron chi connectivity index (χ4n) is 2.00. The van der Waals surface area contributed by atoms with Crippen LogP contribution in [0.3, 0.4) is 0 Å². The molecule has 2 rings (SSSR count). The number of anilines is 1. The van der Waals surface area contributed by atoms with Crippen LogP contribution in [0.4, 0.5) is 5.95 Å². The zero-order valence-electron chi connectivity index (χ0n) is 11.7. The van der Waals surface area contributed by atoms with E-state index < -0.39 is 0 Å². The molecule has 0 atom stereocenters. The molecular weight excluding hydrogens is 302 g/mol. The number of nitrogens with zero attached hydrogens (tertiary/aromatic N) is 2. The Balaban J connectivity index is 2.04. The average molecular weight is 322 g/mol. The van der Waals surface area contributed by atoms with Gasteiger partial charge in [0.25, 0.3) is 0 Å². The minimum atomic E-state index is 0.613. The van der Waals surface area contributed by atoms with Crippen molar-refractivity contribution in [2.45, 2.75) is 33.9 Å². The lowest BCUT2D eigenvalue weighted by atomic mass is 10.2. The van der Waals surface area contributed by atoms with E-state index in [4.69, 9.17) is 0 Å². The first kappa shape index (κ1) is 14.1. The van der Waals surface area contributed by atoms with Gasteiger partial charge in [-0.2, -0.15) is 0 Å². The van der Waals surface area contributed by atoms with Gasteiger partial charge in [0.1, 0.15) is 0 Å². The van der Waals surface area contributed by atoms with Gasteiger partial charge in [-0.1, -0.05) is 41.9 Å². The summed E-state index contributed by atoms with van der Waals surface area (Å²) < 4.78 is 3.30. The van der Waals surface area contributed by atoms with Crippen LogP contribution in [0.25, 0.3) is 0 Å². The molecule has 0 aliphatic heterocycles. The molecule has 2 aromatic rings. The molecule has 3 nitrogen and oxygen atoms in total. The van der Waals surface area contributed by atoms with Crippen molar-refractivity contribution in [3.8, 4) is 0 Å². The second-order valence-corrected chi connectivity index (χ2v) is 6.15. The fraction of sp³-hybridized carbons (Fsp3) is 0.400. The number of aryl methyl sites for hydroxylation is 1. The van der Waals surface area contributed by atoms with E-state index in [2.05, 4.69) is 75.1 Å². The third-order valence-corrected chi connectivity index (χ3v) is 3.35. The molecule has 0 unspecified atom stereocenters. The molecule has 0 saturated heterocycles. The molecule has 0 radical (unpaired) electrons. The predicted octanol–water partition coefficient (Wildman–Crippen LogP) is 4.22. The second kappa shape index (κ2) is 6.24. The van der Waals surface area contributed by atoms with Gasteiger partial charge in [-0.15, -0.1) is 0 Å². The Hall–Kier alpha value is -1.29. The molecule has 102 valence electrons. The second-order valence-electron chi connectivity index (χ2n) is 5.23. The summed E-state index contributed by atoms with van der Waals surface area (Å²) in [4.78, 5) is 4.54. The minimum Gasteiger partial charge on any atom is -0.352 e. The molecule has 1 heterocycles. The summed E-state index contributed by atoms with van der Waals surface area (Å²) >= 11 is 3.45. The van der Waals surface area contributed by atoms with Gasteiger partial charge in [0.2, 0.25) is 5.95 Å². The van der Waals surface area contributed by atoms with Crippen molar-refractivity contribution in [3.63, 3.8) is 0 Å². The van der Waals surface area contributed by atoms with Crippen molar-refractivity contribution in [2.24, 2.45) is 5.92 Å². The maximum Gasteiger partial charge on any atom is 0.203 e. The van der Waals surface area contributed by atoms with Crippen LogP contribution < -0.4 is 5.32 Å². The van der Waals surface area contributed by atoms with Gasteiger partial charge in [0.15, 0.2) is 0 Å². The van der Waals surface area contributed by atoms with E-state index in [0.29, 0.717) is 5.92 Å². The van der Waals surface area contributed by atoms with E-state index in [1.165, 1.54) is 5.56 Å². The molecule has 0 aliphatic carbocycles. The lowest BCUT2D eigenvalue weighted by Crippen LogP contribution is -2.10. The molecule has 1 aromatic heterocycles. The van der Waals surface area contributed by atoms with Gasteiger partial charge >= 0.3 is 0 Å². The van der Waals surface area contributed by atoms with Crippen LogP contribution in [0.5, 0.6) is 0 Å². The number of benzene rings is 1. The molecule has 0 fully saturated rings. The fourth-order valence-corrected chi connectivity index (χ4v) is 2.27. The highest BCUT2D eigenvalue weighted by molar-refractivity contribution is 9.10. The minimum absolute atomic E-state index is 0.613. The summed E-state index contributed by atoms with van der Waals surface area (Å²) in [6, 6.07) is 8.34. The maximum absolute atomic E-state index is 4.54. The quantitative estimate of drug-likeness (QED) is 0.893. The number of aromatic nitrogens is 2. The van der Waals surface area contributed by atoms with Crippen molar-refractivity contribution in [1.29, 1.82) is 0 Å². The molecule has 0 amide bonds. The van der Waals surface area contributed by atoms with Crippen molar-refractivity contribution in [2.75, 3.05) is 5.32 Å². The highest BCUT2D eigenvalue weighted by Gasteiger charge is 2.06. The van der Waals surface area contributed by atoms with Crippen molar-refractivity contribution in [3.05, 3.63) is 46.2 Å². The summed E-state index contributed by atoms with van der Waals surface area (Å²) in [6.07, 6.45) is 2.10. The SMILES string of the molecule is Cc1cn(CC(C)C)c(NCc2ccc(Br)cc2)n1. The van der Waals surface area contributed by atoms with Crippen molar-refractivity contribution >= 4 is 21.9 Å². The maximum atomic E-state index is 4.54. The Kier molecular flexibility index (Phi) is 4.64. The molecule has 4 heteroatoms. The van der Waals surface area contributed by atoms with E-state index in [1.54, 1.807) is 0 Å². The number of nitrogens with one attached hydrogen (secondary N) is 1. The van der Waals surface area contributed by atoms with Crippen molar-refractivity contribution < 1.29 is 0 Å². The Morgan fingerprint density at radius 2 is 1.95 bits per heavy atom. The number of hydrogen-bond acceptors (Lipinski definition) is 2. The van der Waals surface area contributed by atoms with E-state index in [1.807, 2.05) is 6.92 Å². The summed E-state index contributed by atoms with van der Waals surface area (Å²) in [5, 5.41) is 3.41. The van der Waals surface area contributed by atoms with Gasteiger partial charge in [0.05, 0.1) is 5.69 Å². The first-order valence-electron chi connectivity index (χ1n) is 6.56. The summed E-state index contributed by atoms with van der Waals surface area (Å²) in [6.45, 7) is 8.24. The Labute approximate surface area is 123 Å². The first-order valence-corrected chi connectivity index (χ1v) is 7.36. The van der Waals surface area contributed by atoms with Gasteiger partial charge in [-0.05, 0) is 30.5 Å². The third kappa shape index (κ3) is 4.10. The number of rotatable bonds is 5. The monoisotopic (exact) mass is 321 g/mol. The summed E-state index contributed by atoms with van der Waals surface area (Å²) in [7, 11) is 0. The molecule has 0 aliphatic rings. The molecule has 1 aromatic carbocycles. The summed E-state index contributed by atoms with van der Waals surface area (Å²) in [5.41, 5.74) is 2.30. The van der Waals surface area contributed by atoms with Gasteiger partial charge in [-0.25, -0.2) is 4.98 Å². The standard InChI is InChI=1S/C15H20BrN3/c1-11(2)9-19-10-12(3)18-15(19)17-8-13-4-6-14(16)7-5-13/h4-7,10-11H,8-9H2,1-3H3,(H,17,18). The van der Waals surface area contributed by atoms with Gasteiger partial charge in [-0.3, -0.25) is 0 Å². The van der Waals surface area contributed by atoms with Gasteiger partial charge < -0.3 is 9.88 Å². The van der Waals surface area contributed by atoms with Crippen LogP contribution >= 0.6 is 15.9 Å². The zero-order valence-corrected chi connectivity index (χ0v) is 13.2. The largest absolute Gasteiger partial charge is 0.352 e. The lowest BCUT2D eigenvalue weighted by Gasteiger charge is -2.11. The Morgan fingerprint density at radius 1 is 1.26 bits per heavy atom. The van der Waals surface area contributed by atoms with E-state index in [9.17, 15) is 0 Å². The molecule has 19 heavy (non-hydrogen) atoms. The van der Waals surface area contributed by atoms with Crippen LogP contribution in [-0.4, -0.2) is 9.55 Å². The molecular formula is C15H20BrN3. The topological polar surface area (TPSA) is 29.9 Å². The highest BCUT2D eigenvalue weighted by Crippen LogP contribution is 2.14. The highest BCUT2D eigenvalue weighted by atomic mass is 79.9. The molecule has 1 N–H and O–H groups in total. The average Bonchev–Trinajstić information content (AvgIpc) is 2.68. The number of halogens is 1. The van der Waals surface area contributed by atoms with E-state index >= 15 is 0 Å². The molecule has 0 saturated carbocycles. The first-order chi connectivity index (χ1) is 9.04. The number of hydrogen-bond donors (Lipinski definition) is 1. The predicted molar refractivity (Wildman–Crippen MR) is 83.3 cm³/mol. The Bertz CT molecular complexity index is 529. The Morgan fingerprint density at radius 3 is 2.58 bits per heavy atom. The van der Waals surface area contributed by atoms with Crippen LogP contribution in [0, 0.1) is 12.8 Å². The van der Waals surface area contributed by atoms with Crippen LogP contribution in [0.2, 0.25) is 0 Å². The lowest BCUT2D eigenvalue weighted by molar-refractivity contribution is 0.526. The van der Waals surface area contributed by atoms with Gasteiger partial charge in [0, 0.05) is 23.8 Å². The smallest absolute Gasteiger partial charge is 0.203 e. The van der Waals surface area contributed by atoms with Crippen LogP contribution in [-0.2, 0) is 13.1 Å². The third-order valence-electron chi connectivity index (χ3n) is 2.82. The van der Waals surface area contributed by atoms with E-state index in [0.717, 1.165) is 29.2 Å². The van der Waals surface area contributed by atoms with Crippen LogP contribution in [0.15, 0.2) is 34.9 Å². The summed E-state index contributed by atoms with van der Waals surface area (Å²) in [5.74, 6) is 1.57.